The van der Waals surface area contributed by atoms with Crippen molar-refractivity contribution in [3.63, 3.8) is 0 Å². The summed E-state index contributed by atoms with van der Waals surface area (Å²) in [6.07, 6.45) is -2.55. The Kier molecular flexibility index (Phi) is 5.45. The molecule has 1 aliphatic rings. The van der Waals surface area contributed by atoms with Gasteiger partial charge in [-0.25, -0.2) is 13.4 Å². The average Bonchev–Trinajstić information content (AvgIpc) is 2.47. The lowest BCUT2D eigenvalue weighted by molar-refractivity contribution is -0.141. The molecule has 1 fully saturated rings. The number of halogens is 3. The van der Waals surface area contributed by atoms with Crippen molar-refractivity contribution in [1.29, 1.82) is 0 Å². The van der Waals surface area contributed by atoms with E-state index in [4.69, 9.17) is 4.74 Å². The Morgan fingerprint density at radius 1 is 1.43 bits per heavy atom. The SMILES string of the molecule is CCCS(=O)(=O)N1CCCC(Oc2nccc(C(F)(F)F)n2)C1. The molecule has 10 heteroatoms. The fraction of sp³-hybridized carbons (Fsp3) is 0.692. The van der Waals surface area contributed by atoms with Gasteiger partial charge in [-0.3, -0.25) is 0 Å². The zero-order chi connectivity index (χ0) is 17.1. The molecule has 0 bridgehead atoms. The molecule has 2 heterocycles. The molecule has 1 aromatic rings. The van der Waals surface area contributed by atoms with E-state index in [1.807, 2.05) is 0 Å². The van der Waals surface area contributed by atoms with E-state index in [9.17, 15) is 21.6 Å². The zero-order valence-corrected chi connectivity index (χ0v) is 13.4. The first-order valence-corrected chi connectivity index (χ1v) is 8.88. The van der Waals surface area contributed by atoms with Crippen LogP contribution in [0.4, 0.5) is 13.2 Å². The van der Waals surface area contributed by atoms with Gasteiger partial charge in [-0.1, -0.05) is 6.92 Å². The second-order valence-corrected chi connectivity index (χ2v) is 7.37. The van der Waals surface area contributed by atoms with E-state index in [1.165, 1.54) is 4.31 Å². The summed E-state index contributed by atoms with van der Waals surface area (Å²) in [7, 11) is -3.36. The Bertz CT molecular complexity index is 637. The van der Waals surface area contributed by atoms with Crippen molar-refractivity contribution in [3.8, 4) is 6.01 Å². The molecule has 0 saturated carbocycles. The highest BCUT2D eigenvalue weighted by Crippen LogP contribution is 2.28. The standard InChI is InChI=1S/C13H18F3N3O3S/c1-2-8-23(20,21)19-7-3-4-10(9-19)22-12-17-6-5-11(18-12)13(14,15)16/h5-6,10H,2-4,7-9H2,1H3. The molecule has 1 saturated heterocycles. The summed E-state index contributed by atoms with van der Waals surface area (Å²) < 4.78 is 68.7. The van der Waals surface area contributed by atoms with Crippen LogP contribution in [0, 0.1) is 0 Å². The van der Waals surface area contributed by atoms with Gasteiger partial charge < -0.3 is 4.74 Å². The van der Waals surface area contributed by atoms with E-state index in [0.29, 0.717) is 25.8 Å². The number of ether oxygens (including phenoxy) is 1. The maximum absolute atomic E-state index is 12.6. The van der Waals surface area contributed by atoms with Crippen molar-refractivity contribution in [2.75, 3.05) is 18.8 Å². The predicted octanol–water partition coefficient (Wildman–Crippen LogP) is 2.08. The Hall–Kier alpha value is -1.42. The third kappa shape index (κ3) is 4.77. The smallest absolute Gasteiger partial charge is 0.433 e. The second kappa shape index (κ2) is 7.00. The van der Waals surface area contributed by atoms with Gasteiger partial charge >= 0.3 is 12.2 Å². The molecule has 0 radical (unpaired) electrons. The molecule has 1 unspecified atom stereocenters. The highest BCUT2D eigenvalue weighted by Gasteiger charge is 2.34. The lowest BCUT2D eigenvalue weighted by Gasteiger charge is -2.31. The first kappa shape index (κ1) is 17.9. The second-order valence-electron chi connectivity index (χ2n) is 5.28. The van der Waals surface area contributed by atoms with E-state index in [0.717, 1.165) is 12.3 Å². The van der Waals surface area contributed by atoms with Gasteiger partial charge in [-0.15, -0.1) is 0 Å². The van der Waals surface area contributed by atoms with Crippen molar-refractivity contribution < 1.29 is 26.3 Å². The molecule has 0 aromatic carbocycles. The van der Waals surface area contributed by atoms with Crippen molar-refractivity contribution in [2.45, 2.75) is 38.5 Å². The van der Waals surface area contributed by atoms with Crippen LogP contribution >= 0.6 is 0 Å². The minimum absolute atomic E-state index is 0.0414. The normalized spacial score (nSPS) is 20.4. The zero-order valence-electron chi connectivity index (χ0n) is 12.6. The van der Waals surface area contributed by atoms with Gasteiger partial charge in [-0.05, 0) is 25.3 Å². The number of hydrogen-bond acceptors (Lipinski definition) is 5. The highest BCUT2D eigenvalue weighted by atomic mass is 32.2. The summed E-state index contributed by atoms with van der Waals surface area (Å²) in [5.74, 6) is 0.0414. The maximum Gasteiger partial charge on any atom is 0.433 e. The van der Waals surface area contributed by atoms with Gasteiger partial charge in [-0.2, -0.15) is 22.5 Å². The Morgan fingerprint density at radius 3 is 2.83 bits per heavy atom. The van der Waals surface area contributed by atoms with Crippen molar-refractivity contribution >= 4 is 10.0 Å². The molecule has 1 aliphatic heterocycles. The third-order valence-electron chi connectivity index (χ3n) is 3.39. The molecule has 6 nitrogen and oxygen atoms in total. The van der Waals surface area contributed by atoms with Crippen LogP contribution < -0.4 is 4.74 Å². The van der Waals surface area contributed by atoms with Gasteiger partial charge in [0.05, 0.1) is 12.3 Å². The minimum atomic E-state index is -4.58. The first-order chi connectivity index (χ1) is 10.7. The van der Waals surface area contributed by atoms with Crippen LogP contribution in [0.5, 0.6) is 6.01 Å². The molecule has 1 aromatic heterocycles. The fourth-order valence-electron chi connectivity index (χ4n) is 2.35. The molecule has 0 aliphatic carbocycles. The van der Waals surface area contributed by atoms with Gasteiger partial charge in [0, 0.05) is 12.7 Å². The lowest BCUT2D eigenvalue weighted by atomic mass is 10.1. The highest BCUT2D eigenvalue weighted by molar-refractivity contribution is 7.89. The van der Waals surface area contributed by atoms with E-state index < -0.39 is 28.0 Å². The van der Waals surface area contributed by atoms with Gasteiger partial charge in [0.1, 0.15) is 6.10 Å². The van der Waals surface area contributed by atoms with Crippen LogP contribution in [0.15, 0.2) is 12.3 Å². The number of piperidine rings is 1. The van der Waals surface area contributed by atoms with Crippen molar-refractivity contribution in [3.05, 3.63) is 18.0 Å². The minimum Gasteiger partial charge on any atom is -0.459 e. The Balaban J connectivity index is 2.06. The number of hydrogen-bond donors (Lipinski definition) is 0. The Labute approximate surface area is 132 Å². The summed E-state index contributed by atoms with van der Waals surface area (Å²) in [5, 5.41) is 0. The molecule has 0 spiro atoms. The van der Waals surface area contributed by atoms with E-state index in [-0.39, 0.29) is 18.3 Å². The summed E-state index contributed by atoms with van der Waals surface area (Å²) in [4.78, 5) is 7.00. The molecule has 130 valence electrons. The predicted molar refractivity (Wildman–Crippen MR) is 76.3 cm³/mol. The number of nitrogens with zero attached hydrogens (tertiary/aromatic N) is 3. The van der Waals surface area contributed by atoms with E-state index >= 15 is 0 Å². The monoisotopic (exact) mass is 353 g/mol. The number of rotatable bonds is 5. The molecule has 0 amide bonds. The fourth-order valence-corrected chi connectivity index (χ4v) is 3.92. The van der Waals surface area contributed by atoms with E-state index in [1.54, 1.807) is 6.92 Å². The molecular weight excluding hydrogens is 335 g/mol. The summed E-state index contributed by atoms with van der Waals surface area (Å²) >= 11 is 0. The molecule has 2 rings (SSSR count). The van der Waals surface area contributed by atoms with Crippen molar-refractivity contribution in [1.82, 2.24) is 14.3 Å². The van der Waals surface area contributed by atoms with E-state index in [2.05, 4.69) is 9.97 Å². The van der Waals surface area contributed by atoms with Crippen LogP contribution in [0.2, 0.25) is 0 Å². The van der Waals surface area contributed by atoms with Crippen LogP contribution in [-0.2, 0) is 16.2 Å². The van der Waals surface area contributed by atoms with Gasteiger partial charge in [0.25, 0.3) is 0 Å². The maximum atomic E-state index is 12.6. The average molecular weight is 353 g/mol. The number of alkyl halides is 3. The summed E-state index contributed by atoms with van der Waals surface area (Å²) in [5.41, 5.74) is -1.09. The van der Waals surface area contributed by atoms with Crippen molar-refractivity contribution in [2.24, 2.45) is 0 Å². The summed E-state index contributed by atoms with van der Waals surface area (Å²) in [6, 6.07) is 0.366. The molecule has 0 N–H and O–H groups in total. The van der Waals surface area contributed by atoms with Gasteiger partial charge in [0.15, 0.2) is 5.69 Å². The molecule has 23 heavy (non-hydrogen) atoms. The lowest BCUT2D eigenvalue weighted by Crippen LogP contribution is -2.45. The summed E-state index contributed by atoms with van der Waals surface area (Å²) in [6.45, 7) is 2.26. The largest absolute Gasteiger partial charge is 0.459 e. The molecular formula is C13H18F3N3O3S. The quantitative estimate of drug-likeness (QED) is 0.810. The molecule has 1 atom stereocenters. The number of sulfonamides is 1. The Morgan fingerprint density at radius 2 is 2.17 bits per heavy atom. The van der Waals surface area contributed by atoms with Gasteiger partial charge in [0.2, 0.25) is 10.0 Å². The van der Waals surface area contributed by atoms with Crippen LogP contribution in [0.3, 0.4) is 0 Å². The van der Waals surface area contributed by atoms with Crippen LogP contribution in [0.25, 0.3) is 0 Å². The third-order valence-corrected chi connectivity index (χ3v) is 5.43. The first-order valence-electron chi connectivity index (χ1n) is 7.27. The van der Waals surface area contributed by atoms with Crippen LogP contribution in [0.1, 0.15) is 31.9 Å². The van der Waals surface area contributed by atoms with Crippen LogP contribution in [-0.4, -0.2) is 47.6 Å². The number of aromatic nitrogens is 2. The topological polar surface area (TPSA) is 72.4 Å².